The first-order valence-corrected chi connectivity index (χ1v) is 5.19. The average Bonchev–Trinajstić information content (AvgIpc) is 2.62. The van der Waals surface area contributed by atoms with Crippen LogP contribution in [0.3, 0.4) is 0 Å². The highest BCUT2D eigenvalue weighted by atomic mass is 16.3. The van der Waals surface area contributed by atoms with Crippen LogP contribution in [0.1, 0.15) is 16.8 Å². The molecular formula is C11H15N3O2. The van der Waals surface area contributed by atoms with Crippen molar-refractivity contribution >= 4 is 17.3 Å². The minimum atomic E-state index is -0.414. The smallest absolute Gasteiger partial charge is 0.254 e. The van der Waals surface area contributed by atoms with Crippen molar-refractivity contribution in [3.8, 4) is 0 Å². The first kappa shape index (κ1) is 10.8. The van der Waals surface area contributed by atoms with Crippen molar-refractivity contribution in [3.63, 3.8) is 0 Å². The molecule has 0 radical (unpaired) electrons. The van der Waals surface area contributed by atoms with Crippen molar-refractivity contribution in [1.82, 2.24) is 4.90 Å². The summed E-state index contributed by atoms with van der Waals surface area (Å²) in [5, 5.41) is 9.36. The molecule has 1 aliphatic rings. The van der Waals surface area contributed by atoms with E-state index in [1.54, 1.807) is 23.1 Å². The lowest BCUT2D eigenvalue weighted by molar-refractivity contribution is 0.0765. The van der Waals surface area contributed by atoms with Gasteiger partial charge in [0.2, 0.25) is 0 Å². The molecule has 5 heteroatoms. The van der Waals surface area contributed by atoms with Crippen LogP contribution in [-0.4, -0.2) is 35.1 Å². The molecule has 16 heavy (non-hydrogen) atoms. The van der Waals surface area contributed by atoms with Gasteiger partial charge < -0.3 is 21.5 Å². The van der Waals surface area contributed by atoms with Crippen molar-refractivity contribution in [2.24, 2.45) is 0 Å². The maximum Gasteiger partial charge on any atom is 0.254 e. The second-order valence-electron chi connectivity index (χ2n) is 4.08. The average molecular weight is 221 g/mol. The van der Waals surface area contributed by atoms with Crippen LogP contribution in [0.4, 0.5) is 11.4 Å². The lowest BCUT2D eigenvalue weighted by Crippen LogP contribution is -2.29. The number of hydrogen-bond donors (Lipinski definition) is 3. The van der Waals surface area contributed by atoms with E-state index in [0.29, 0.717) is 36.4 Å². The second kappa shape index (κ2) is 4.02. The van der Waals surface area contributed by atoms with Gasteiger partial charge in [0.1, 0.15) is 0 Å². The Morgan fingerprint density at radius 1 is 1.31 bits per heavy atom. The van der Waals surface area contributed by atoms with Crippen LogP contribution >= 0.6 is 0 Å². The minimum Gasteiger partial charge on any atom is -0.399 e. The monoisotopic (exact) mass is 221 g/mol. The number of β-amino-alcohol motifs (C(OH)–C–C–N with tert-alkyl or cyclic N) is 1. The van der Waals surface area contributed by atoms with Crippen molar-refractivity contribution < 1.29 is 9.90 Å². The van der Waals surface area contributed by atoms with Crippen LogP contribution in [0.25, 0.3) is 0 Å². The number of nitrogens with two attached hydrogens (primary N) is 2. The van der Waals surface area contributed by atoms with Crippen molar-refractivity contribution in [2.45, 2.75) is 12.5 Å². The third kappa shape index (κ3) is 2.09. The van der Waals surface area contributed by atoms with Crippen LogP contribution in [0, 0.1) is 0 Å². The summed E-state index contributed by atoms with van der Waals surface area (Å²) in [5.41, 5.74) is 12.7. The Bertz CT molecular complexity index is 399. The molecule has 1 saturated heterocycles. The van der Waals surface area contributed by atoms with Gasteiger partial charge in [0, 0.05) is 30.0 Å². The van der Waals surface area contributed by atoms with E-state index in [1.807, 2.05) is 0 Å². The highest BCUT2D eigenvalue weighted by Gasteiger charge is 2.25. The highest BCUT2D eigenvalue weighted by Crippen LogP contribution is 2.18. The number of carbonyl (C=O) groups excluding carboxylic acids is 1. The van der Waals surface area contributed by atoms with Gasteiger partial charge in [-0.15, -0.1) is 0 Å². The van der Waals surface area contributed by atoms with Crippen molar-refractivity contribution in [1.29, 1.82) is 0 Å². The van der Waals surface area contributed by atoms with E-state index in [1.165, 1.54) is 0 Å². The number of aliphatic hydroxyl groups excluding tert-OH is 1. The van der Waals surface area contributed by atoms with Crippen LogP contribution in [0.15, 0.2) is 18.2 Å². The number of nitrogen functional groups attached to an aromatic ring is 2. The number of anilines is 2. The van der Waals surface area contributed by atoms with Gasteiger partial charge in [-0.1, -0.05) is 0 Å². The SMILES string of the molecule is Nc1cc(N)cc(C(=O)N2CC[C@@H](O)C2)c1. The van der Waals surface area contributed by atoms with E-state index >= 15 is 0 Å². The molecule has 0 aromatic heterocycles. The van der Waals surface area contributed by atoms with E-state index in [0.717, 1.165) is 0 Å². The predicted molar refractivity (Wildman–Crippen MR) is 61.8 cm³/mol. The Morgan fingerprint density at radius 3 is 2.44 bits per heavy atom. The number of benzene rings is 1. The van der Waals surface area contributed by atoms with E-state index in [2.05, 4.69) is 0 Å². The van der Waals surface area contributed by atoms with Crippen molar-refractivity contribution in [3.05, 3.63) is 23.8 Å². The number of carbonyl (C=O) groups is 1. The minimum absolute atomic E-state index is 0.129. The molecule has 1 aromatic carbocycles. The Labute approximate surface area is 93.6 Å². The molecule has 5 N–H and O–H groups in total. The van der Waals surface area contributed by atoms with Crippen molar-refractivity contribution in [2.75, 3.05) is 24.6 Å². The summed E-state index contributed by atoms with van der Waals surface area (Å²) in [6.07, 6.45) is 0.214. The van der Waals surface area contributed by atoms with Gasteiger partial charge in [0.25, 0.3) is 5.91 Å². The maximum atomic E-state index is 12.0. The van der Waals surface area contributed by atoms with E-state index < -0.39 is 6.10 Å². The van der Waals surface area contributed by atoms with Crippen LogP contribution in [-0.2, 0) is 0 Å². The first-order valence-electron chi connectivity index (χ1n) is 5.19. The molecule has 1 aliphatic heterocycles. The summed E-state index contributed by atoms with van der Waals surface area (Å²) in [4.78, 5) is 13.6. The molecule has 1 fully saturated rings. The van der Waals surface area contributed by atoms with Gasteiger partial charge in [-0.25, -0.2) is 0 Å². The molecule has 1 heterocycles. The van der Waals surface area contributed by atoms with Gasteiger partial charge >= 0.3 is 0 Å². The van der Waals surface area contributed by atoms with Gasteiger partial charge in [-0.3, -0.25) is 4.79 Å². The topological polar surface area (TPSA) is 92.6 Å². The van der Waals surface area contributed by atoms with Crippen LogP contribution in [0.2, 0.25) is 0 Å². The molecule has 1 amide bonds. The zero-order valence-corrected chi connectivity index (χ0v) is 8.89. The molecule has 0 bridgehead atoms. The molecule has 5 nitrogen and oxygen atoms in total. The van der Waals surface area contributed by atoms with Crippen LogP contribution in [0.5, 0.6) is 0 Å². The third-order valence-corrected chi connectivity index (χ3v) is 2.68. The Kier molecular flexibility index (Phi) is 2.70. The van der Waals surface area contributed by atoms with Crippen LogP contribution < -0.4 is 11.5 Å². The summed E-state index contributed by atoms with van der Waals surface area (Å²) in [5.74, 6) is -0.129. The fraction of sp³-hybridized carbons (Fsp3) is 0.364. The Hall–Kier alpha value is -1.75. The van der Waals surface area contributed by atoms with Gasteiger partial charge in [-0.2, -0.15) is 0 Å². The fourth-order valence-corrected chi connectivity index (χ4v) is 1.91. The second-order valence-corrected chi connectivity index (χ2v) is 4.08. The summed E-state index contributed by atoms with van der Waals surface area (Å²) in [7, 11) is 0. The fourth-order valence-electron chi connectivity index (χ4n) is 1.91. The molecule has 1 aromatic rings. The number of rotatable bonds is 1. The molecule has 1 atom stereocenters. The lowest BCUT2D eigenvalue weighted by atomic mass is 10.1. The molecular weight excluding hydrogens is 206 g/mol. The lowest BCUT2D eigenvalue weighted by Gasteiger charge is -2.16. The number of nitrogens with zero attached hydrogens (tertiary/aromatic N) is 1. The summed E-state index contributed by atoms with van der Waals surface area (Å²) in [6.45, 7) is 0.961. The number of amides is 1. The van der Waals surface area contributed by atoms with Gasteiger partial charge in [0.05, 0.1) is 6.10 Å². The van der Waals surface area contributed by atoms with Gasteiger partial charge in [-0.05, 0) is 24.6 Å². The molecule has 0 spiro atoms. The van der Waals surface area contributed by atoms with E-state index in [9.17, 15) is 9.90 Å². The molecule has 0 unspecified atom stereocenters. The highest BCUT2D eigenvalue weighted by molar-refractivity contribution is 5.96. The number of aliphatic hydroxyl groups is 1. The zero-order chi connectivity index (χ0) is 11.7. The summed E-state index contributed by atoms with van der Waals surface area (Å²) in [6, 6.07) is 4.81. The zero-order valence-electron chi connectivity index (χ0n) is 8.89. The summed E-state index contributed by atoms with van der Waals surface area (Å²) >= 11 is 0. The third-order valence-electron chi connectivity index (χ3n) is 2.68. The first-order chi connectivity index (χ1) is 7.56. The Balaban J connectivity index is 2.20. The largest absolute Gasteiger partial charge is 0.399 e. The quantitative estimate of drug-likeness (QED) is 0.584. The van der Waals surface area contributed by atoms with Gasteiger partial charge in [0.15, 0.2) is 0 Å². The predicted octanol–water partition coefficient (Wildman–Crippen LogP) is 0.0578. The van der Waals surface area contributed by atoms with E-state index in [4.69, 9.17) is 11.5 Å². The summed E-state index contributed by atoms with van der Waals surface area (Å²) < 4.78 is 0. The van der Waals surface area contributed by atoms with E-state index in [-0.39, 0.29) is 5.91 Å². The molecule has 86 valence electrons. The maximum absolute atomic E-state index is 12.0. The Morgan fingerprint density at radius 2 is 1.94 bits per heavy atom. The normalized spacial score (nSPS) is 20.1. The molecule has 0 saturated carbocycles. The molecule has 0 aliphatic carbocycles. The number of hydrogen-bond acceptors (Lipinski definition) is 4. The standard InChI is InChI=1S/C11H15N3O2/c12-8-3-7(4-9(13)5-8)11(16)14-2-1-10(15)6-14/h3-5,10,15H,1-2,6,12-13H2/t10-/m1/s1. The number of likely N-dealkylation sites (tertiary alicyclic amines) is 1. The molecule has 2 rings (SSSR count).